The van der Waals surface area contributed by atoms with Crippen molar-refractivity contribution >= 4 is 0 Å². The number of hydrogen-bond donors (Lipinski definition) is 1. The van der Waals surface area contributed by atoms with Gasteiger partial charge in [0.15, 0.2) is 0 Å². The van der Waals surface area contributed by atoms with Crippen LogP contribution in [0, 0.1) is 12.8 Å². The Balaban J connectivity index is 1.72. The number of piperidine rings is 1. The molecule has 1 saturated heterocycles. The van der Waals surface area contributed by atoms with E-state index in [1.807, 2.05) is 0 Å². The van der Waals surface area contributed by atoms with E-state index in [9.17, 15) is 5.11 Å². The summed E-state index contributed by atoms with van der Waals surface area (Å²) in [5, 5.41) is 10.2. The molecule has 2 fully saturated rings. The van der Waals surface area contributed by atoms with Crippen molar-refractivity contribution in [3.8, 4) is 0 Å². The van der Waals surface area contributed by atoms with E-state index in [4.69, 9.17) is 0 Å². The minimum Gasteiger partial charge on any atom is -0.393 e. The fourth-order valence-corrected chi connectivity index (χ4v) is 4.16. The van der Waals surface area contributed by atoms with Gasteiger partial charge in [0, 0.05) is 18.5 Å². The fraction of sp³-hybridized carbons (Fsp3) is 0.667. The second-order valence-corrected chi connectivity index (χ2v) is 6.68. The van der Waals surface area contributed by atoms with Crippen molar-refractivity contribution in [3.63, 3.8) is 0 Å². The molecule has 3 atom stereocenters. The summed E-state index contributed by atoms with van der Waals surface area (Å²) in [5.41, 5.74) is 2.77. The Hall–Kier alpha value is -0.860. The van der Waals surface area contributed by atoms with E-state index in [2.05, 4.69) is 36.1 Å². The predicted molar refractivity (Wildman–Crippen MR) is 82.6 cm³/mol. The van der Waals surface area contributed by atoms with Gasteiger partial charge in [0.1, 0.15) is 0 Å². The van der Waals surface area contributed by atoms with E-state index in [0.717, 1.165) is 13.0 Å². The minimum atomic E-state index is -0.0573. The van der Waals surface area contributed by atoms with Crippen molar-refractivity contribution in [2.75, 3.05) is 6.54 Å². The molecule has 1 N–H and O–H groups in total. The standard InChI is InChI=1S/C18H27NO/c1-14-6-4-7-15(12-14)13-19-11-3-2-9-17(19)16-8-5-10-18(16)20/h4,6-7,12,16-18,20H,2-3,5,8-11,13H2,1H3. The normalized spacial score (nSPS) is 31.6. The molecule has 0 bridgehead atoms. The Morgan fingerprint density at radius 1 is 1.15 bits per heavy atom. The molecule has 0 radical (unpaired) electrons. The molecule has 1 heterocycles. The van der Waals surface area contributed by atoms with Gasteiger partial charge in [-0.25, -0.2) is 0 Å². The van der Waals surface area contributed by atoms with E-state index >= 15 is 0 Å². The van der Waals surface area contributed by atoms with E-state index in [1.54, 1.807) is 0 Å². The summed E-state index contributed by atoms with van der Waals surface area (Å²) in [7, 11) is 0. The third-order valence-electron chi connectivity index (χ3n) is 5.16. The summed E-state index contributed by atoms with van der Waals surface area (Å²) < 4.78 is 0. The minimum absolute atomic E-state index is 0.0573. The van der Waals surface area contributed by atoms with Crippen molar-refractivity contribution in [1.82, 2.24) is 4.90 Å². The number of hydrogen-bond acceptors (Lipinski definition) is 2. The smallest absolute Gasteiger partial charge is 0.0583 e. The first-order valence-electron chi connectivity index (χ1n) is 8.22. The lowest BCUT2D eigenvalue weighted by Gasteiger charge is -2.40. The molecule has 110 valence electrons. The summed E-state index contributed by atoms with van der Waals surface area (Å²) in [4.78, 5) is 2.64. The first-order chi connectivity index (χ1) is 9.74. The van der Waals surface area contributed by atoms with Crippen molar-refractivity contribution in [2.45, 2.75) is 64.1 Å². The number of benzene rings is 1. The number of aliphatic hydroxyl groups excluding tert-OH is 1. The monoisotopic (exact) mass is 273 g/mol. The maximum absolute atomic E-state index is 10.2. The zero-order valence-electron chi connectivity index (χ0n) is 12.6. The molecular weight excluding hydrogens is 246 g/mol. The van der Waals surface area contributed by atoms with Gasteiger partial charge < -0.3 is 5.11 Å². The van der Waals surface area contributed by atoms with Gasteiger partial charge >= 0.3 is 0 Å². The van der Waals surface area contributed by atoms with Crippen LogP contribution >= 0.6 is 0 Å². The molecule has 20 heavy (non-hydrogen) atoms. The molecule has 2 heteroatoms. The SMILES string of the molecule is Cc1cccc(CN2CCCCC2C2CCCC2O)c1. The van der Waals surface area contributed by atoms with Crippen LogP contribution in [0.3, 0.4) is 0 Å². The first kappa shape index (κ1) is 14.1. The number of aryl methyl sites for hydroxylation is 1. The molecule has 1 aliphatic carbocycles. The van der Waals surface area contributed by atoms with E-state index < -0.39 is 0 Å². The topological polar surface area (TPSA) is 23.5 Å². The van der Waals surface area contributed by atoms with Gasteiger partial charge in [-0.3, -0.25) is 4.90 Å². The molecule has 1 aromatic carbocycles. The van der Waals surface area contributed by atoms with Crippen LogP contribution in [0.4, 0.5) is 0 Å². The summed E-state index contributed by atoms with van der Waals surface area (Å²) in [6.45, 7) is 4.41. The van der Waals surface area contributed by atoms with E-state index in [-0.39, 0.29) is 6.10 Å². The maximum atomic E-state index is 10.2. The lowest BCUT2D eigenvalue weighted by molar-refractivity contribution is 0.0313. The first-order valence-corrected chi connectivity index (χ1v) is 8.22. The molecule has 0 spiro atoms. The molecule has 3 unspecified atom stereocenters. The number of nitrogens with zero attached hydrogens (tertiary/aromatic N) is 1. The van der Waals surface area contributed by atoms with Gasteiger partial charge in [-0.2, -0.15) is 0 Å². The Kier molecular flexibility index (Phi) is 4.42. The highest BCUT2D eigenvalue weighted by atomic mass is 16.3. The maximum Gasteiger partial charge on any atom is 0.0583 e. The average molecular weight is 273 g/mol. The van der Waals surface area contributed by atoms with Gasteiger partial charge in [-0.1, -0.05) is 42.7 Å². The largest absolute Gasteiger partial charge is 0.393 e. The van der Waals surface area contributed by atoms with Gasteiger partial charge in [0.25, 0.3) is 0 Å². The highest BCUT2D eigenvalue weighted by molar-refractivity contribution is 5.22. The van der Waals surface area contributed by atoms with E-state index in [1.165, 1.54) is 49.8 Å². The van der Waals surface area contributed by atoms with Crippen LogP contribution < -0.4 is 0 Å². The van der Waals surface area contributed by atoms with Crippen LogP contribution in [0.1, 0.15) is 49.7 Å². The summed E-state index contributed by atoms with van der Waals surface area (Å²) >= 11 is 0. The van der Waals surface area contributed by atoms with Crippen molar-refractivity contribution in [3.05, 3.63) is 35.4 Å². The van der Waals surface area contributed by atoms with Crippen LogP contribution in [0.25, 0.3) is 0 Å². The molecule has 1 aliphatic heterocycles. The quantitative estimate of drug-likeness (QED) is 0.911. The number of aliphatic hydroxyl groups is 1. The average Bonchev–Trinajstić information content (AvgIpc) is 2.86. The Labute approximate surface area is 122 Å². The molecule has 0 amide bonds. The molecule has 3 rings (SSSR count). The van der Waals surface area contributed by atoms with Gasteiger partial charge in [-0.05, 0) is 44.7 Å². The Bertz CT molecular complexity index is 445. The fourth-order valence-electron chi connectivity index (χ4n) is 4.16. The number of likely N-dealkylation sites (tertiary alicyclic amines) is 1. The van der Waals surface area contributed by atoms with Crippen molar-refractivity contribution in [2.24, 2.45) is 5.92 Å². The van der Waals surface area contributed by atoms with Crippen molar-refractivity contribution in [1.29, 1.82) is 0 Å². The van der Waals surface area contributed by atoms with Crippen LogP contribution in [0.5, 0.6) is 0 Å². The highest BCUT2D eigenvalue weighted by Crippen LogP contribution is 2.35. The lowest BCUT2D eigenvalue weighted by atomic mass is 9.87. The van der Waals surface area contributed by atoms with Crippen LogP contribution in [-0.4, -0.2) is 28.7 Å². The van der Waals surface area contributed by atoms with Crippen LogP contribution in [0.2, 0.25) is 0 Å². The second kappa shape index (κ2) is 6.28. The highest BCUT2D eigenvalue weighted by Gasteiger charge is 2.36. The van der Waals surface area contributed by atoms with Crippen molar-refractivity contribution < 1.29 is 5.11 Å². The molecule has 1 saturated carbocycles. The molecule has 1 aromatic rings. The third kappa shape index (κ3) is 3.07. The van der Waals surface area contributed by atoms with Gasteiger partial charge in [0.05, 0.1) is 6.10 Å². The van der Waals surface area contributed by atoms with E-state index in [0.29, 0.717) is 12.0 Å². The number of rotatable bonds is 3. The summed E-state index contributed by atoms with van der Waals surface area (Å²) in [6, 6.07) is 9.47. The van der Waals surface area contributed by atoms with Crippen LogP contribution in [-0.2, 0) is 6.54 Å². The lowest BCUT2D eigenvalue weighted by Crippen LogP contribution is -2.45. The Morgan fingerprint density at radius 3 is 2.80 bits per heavy atom. The van der Waals surface area contributed by atoms with Gasteiger partial charge in [-0.15, -0.1) is 0 Å². The predicted octanol–water partition coefficient (Wildman–Crippen LogP) is 3.51. The molecule has 0 aromatic heterocycles. The van der Waals surface area contributed by atoms with Crippen LogP contribution in [0.15, 0.2) is 24.3 Å². The zero-order chi connectivity index (χ0) is 13.9. The summed E-state index contributed by atoms with van der Waals surface area (Å²) in [5.74, 6) is 0.514. The zero-order valence-corrected chi connectivity index (χ0v) is 12.6. The van der Waals surface area contributed by atoms with Gasteiger partial charge in [0.2, 0.25) is 0 Å². The second-order valence-electron chi connectivity index (χ2n) is 6.68. The molecule has 2 aliphatic rings. The Morgan fingerprint density at radius 2 is 2.05 bits per heavy atom. The summed E-state index contributed by atoms with van der Waals surface area (Å²) in [6.07, 6.45) is 7.30. The molecular formula is C18H27NO. The third-order valence-corrected chi connectivity index (χ3v) is 5.16. The molecule has 2 nitrogen and oxygen atoms in total.